The fourth-order valence-electron chi connectivity index (χ4n) is 3.05. The Kier molecular flexibility index (Phi) is 10.6. The zero-order valence-electron chi connectivity index (χ0n) is 19.2. The molecule has 34 heavy (non-hydrogen) atoms. The Morgan fingerprint density at radius 1 is 1.18 bits per heavy atom. The number of carboxylic acids is 1. The summed E-state index contributed by atoms with van der Waals surface area (Å²) in [6.07, 6.45) is 0.860. The highest BCUT2D eigenvalue weighted by atomic mass is 35.5. The molecular formula is C22H29ClFN3O6S. The predicted molar refractivity (Wildman–Crippen MR) is 130 cm³/mol. The van der Waals surface area contributed by atoms with Gasteiger partial charge in [0, 0.05) is 24.6 Å². The molecule has 0 saturated carbocycles. The number of carboxylic acid groups (broad SMARTS) is 1. The van der Waals surface area contributed by atoms with E-state index in [1.165, 1.54) is 43.5 Å². The molecule has 0 saturated heterocycles. The van der Waals surface area contributed by atoms with E-state index in [-0.39, 0.29) is 30.7 Å². The minimum Gasteiger partial charge on any atom is -0.481 e. The van der Waals surface area contributed by atoms with Gasteiger partial charge in [0.2, 0.25) is 16.0 Å². The molecule has 0 amide bonds. The van der Waals surface area contributed by atoms with E-state index < -0.39 is 40.4 Å². The smallest absolute Gasteiger partial charge is 0.305 e. The topological polar surface area (TPSA) is 141 Å². The number of anilines is 1. The molecule has 12 heteroatoms. The van der Waals surface area contributed by atoms with Crippen molar-refractivity contribution in [2.24, 2.45) is 0 Å². The fraction of sp³-hybridized carbons (Fsp3) is 0.409. The van der Waals surface area contributed by atoms with Crippen LogP contribution in [0.2, 0.25) is 0 Å². The van der Waals surface area contributed by atoms with Gasteiger partial charge in [0.1, 0.15) is 5.82 Å². The molecule has 188 valence electrons. The molecule has 2 unspecified atom stereocenters. The minimum atomic E-state index is -3.65. The second-order valence-electron chi connectivity index (χ2n) is 7.98. The van der Waals surface area contributed by atoms with Crippen LogP contribution in [0.25, 0.3) is 17.3 Å². The number of nitrogens with zero attached hydrogens (tertiary/aromatic N) is 3. The lowest BCUT2D eigenvalue weighted by Gasteiger charge is -2.20. The number of aliphatic hydroxyl groups excluding tert-OH is 2. The maximum Gasteiger partial charge on any atom is 0.305 e. The number of hydrogen-bond donors (Lipinski definition) is 3. The molecular weight excluding hydrogens is 489 g/mol. The summed E-state index contributed by atoms with van der Waals surface area (Å²) in [5, 5.41) is 28.8. The third kappa shape index (κ3) is 8.01. The number of aliphatic hydroxyl groups is 2. The first kappa shape index (κ1) is 29.4. The summed E-state index contributed by atoms with van der Waals surface area (Å²) in [5.41, 5.74) is 1.80. The molecule has 0 bridgehead atoms. The van der Waals surface area contributed by atoms with Crippen molar-refractivity contribution >= 4 is 40.4 Å². The van der Waals surface area contributed by atoms with E-state index in [1.54, 1.807) is 0 Å². The number of carbonyl (C=O) groups is 1. The van der Waals surface area contributed by atoms with Gasteiger partial charge in [-0.05, 0) is 30.2 Å². The number of sulfonamides is 1. The summed E-state index contributed by atoms with van der Waals surface area (Å²) in [7, 11) is -2.33. The monoisotopic (exact) mass is 517 g/mol. The largest absolute Gasteiger partial charge is 0.481 e. The average molecular weight is 518 g/mol. The standard InChI is InChI=1S/C22H28FN3O6S.ClH/c1-13(2)20-18(10-9-16(27)11-17(28)12-19(29)30)21(14-5-7-15(23)8-6-14)25-22(24-20)26(3)33(4,31)32;/h5-10,13,16-17,27-28H,11-12H2,1-4H3,(H,29,30);1H/b10-9+;. The van der Waals surface area contributed by atoms with Gasteiger partial charge < -0.3 is 15.3 Å². The number of hydrogen-bond acceptors (Lipinski definition) is 7. The van der Waals surface area contributed by atoms with Crippen molar-refractivity contribution < 1.29 is 32.9 Å². The van der Waals surface area contributed by atoms with Crippen LogP contribution < -0.4 is 4.31 Å². The summed E-state index contributed by atoms with van der Waals surface area (Å²) in [5.74, 6) is -1.87. The predicted octanol–water partition coefficient (Wildman–Crippen LogP) is 2.82. The SMILES string of the molecule is CC(C)c1nc(N(C)S(C)(=O)=O)nc(-c2ccc(F)cc2)c1/C=C/C(O)CC(O)CC(=O)O.Cl. The lowest BCUT2D eigenvalue weighted by molar-refractivity contribution is -0.139. The van der Waals surface area contributed by atoms with Crippen molar-refractivity contribution in [2.45, 2.75) is 44.8 Å². The molecule has 2 aromatic rings. The molecule has 3 N–H and O–H groups in total. The molecule has 1 heterocycles. The van der Waals surface area contributed by atoms with Crippen molar-refractivity contribution in [3.8, 4) is 11.3 Å². The third-order valence-electron chi connectivity index (χ3n) is 4.82. The van der Waals surface area contributed by atoms with Crippen LogP contribution in [0.4, 0.5) is 10.3 Å². The van der Waals surface area contributed by atoms with Gasteiger partial charge in [-0.1, -0.05) is 26.0 Å². The van der Waals surface area contributed by atoms with Crippen molar-refractivity contribution in [2.75, 3.05) is 17.6 Å². The highest BCUT2D eigenvalue weighted by molar-refractivity contribution is 7.92. The van der Waals surface area contributed by atoms with E-state index in [0.29, 0.717) is 22.5 Å². The zero-order chi connectivity index (χ0) is 24.9. The van der Waals surface area contributed by atoms with Crippen molar-refractivity contribution in [3.63, 3.8) is 0 Å². The molecule has 0 fully saturated rings. The highest BCUT2D eigenvalue weighted by Gasteiger charge is 2.22. The van der Waals surface area contributed by atoms with E-state index in [1.807, 2.05) is 13.8 Å². The average Bonchev–Trinajstić information content (AvgIpc) is 2.70. The van der Waals surface area contributed by atoms with Gasteiger partial charge in [0.15, 0.2) is 0 Å². The summed E-state index contributed by atoms with van der Waals surface area (Å²) in [6.45, 7) is 3.71. The molecule has 1 aromatic carbocycles. The van der Waals surface area contributed by atoms with Crippen molar-refractivity contribution in [1.82, 2.24) is 9.97 Å². The molecule has 0 spiro atoms. The Hall–Kier alpha value is -2.60. The van der Waals surface area contributed by atoms with Crippen molar-refractivity contribution in [3.05, 3.63) is 47.4 Å². The van der Waals surface area contributed by atoms with Crippen LogP contribution in [0.15, 0.2) is 30.3 Å². The van der Waals surface area contributed by atoms with Crippen LogP contribution in [0.5, 0.6) is 0 Å². The summed E-state index contributed by atoms with van der Waals surface area (Å²) >= 11 is 0. The molecule has 0 aliphatic carbocycles. The van der Waals surface area contributed by atoms with Gasteiger partial charge >= 0.3 is 5.97 Å². The van der Waals surface area contributed by atoms with E-state index in [9.17, 15) is 27.8 Å². The van der Waals surface area contributed by atoms with Gasteiger partial charge in [-0.25, -0.2) is 27.1 Å². The molecule has 0 aliphatic heterocycles. The van der Waals surface area contributed by atoms with Crippen LogP contribution in [0.3, 0.4) is 0 Å². The first-order valence-corrected chi connectivity index (χ1v) is 12.0. The fourth-order valence-corrected chi connectivity index (χ4v) is 3.42. The summed E-state index contributed by atoms with van der Waals surface area (Å²) in [6, 6.07) is 5.49. The van der Waals surface area contributed by atoms with E-state index >= 15 is 0 Å². The van der Waals surface area contributed by atoms with Crippen LogP contribution in [0, 0.1) is 5.82 Å². The number of aliphatic carboxylic acids is 1. The molecule has 0 radical (unpaired) electrons. The Morgan fingerprint density at radius 3 is 2.26 bits per heavy atom. The Morgan fingerprint density at radius 2 is 1.76 bits per heavy atom. The van der Waals surface area contributed by atoms with Crippen LogP contribution in [-0.4, -0.2) is 65.2 Å². The molecule has 2 atom stereocenters. The van der Waals surface area contributed by atoms with Gasteiger partial charge in [-0.3, -0.25) is 4.79 Å². The second kappa shape index (κ2) is 12.2. The summed E-state index contributed by atoms with van der Waals surface area (Å²) < 4.78 is 38.6. The van der Waals surface area contributed by atoms with Gasteiger partial charge in [-0.2, -0.15) is 0 Å². The van der Waals surface area contributed by atoms with E-state index in [0.717, 1.165) is 10.6 Å². The van der Waals surface area contributed by atoms with E-state index in [4.69, 9.17) is 5.11 Å². The first-order chi connectivity index (χ1) is 15.3. The van der Waals surface area contributed by atoms with Crippen molar-refractivity contribution in [1.29, 1.82) is 0 Å². The van der Waals surface area contributed by atoms with Crippen LogP contribution in [-0.2, 0) is 14.8 Å². The minimum absolute atomic E-state index is 0. The zero-order valence-corrected chi connectivity index (χ0v) is 20.8. The number of aromatic nitrogens is 2. The molecule has 2 rings (SSSR count). The quantitative estimate of drug-likeness (QED) is 0.437. The van der Waals surface area contributed by atoms with Crippen LogP contribution >= 0.6 is 12.4 Å². The first-order valence-electron chi connectivity index (χ1n) is 10.2. The van der Waals surface area contributed by atoms with E-state index in [2.05, 4.69) is 9.97 Å². The lowest BCUT2D eigenvalue weighted by atomic mass is 9.97. The highest BCUT2D eigenvalue weighted by Crippen LogP contribution is 2.31. The lowest BCUT2D eigenvalue weighted by Crippen LogP contribution is -2.27. The Labute approximate surface area is 204 Å². The Bertz CT molecular complexity index is 1130. The molecule has 0 aliphatic rings. The van der Waals surface area contributed by atoms with Crippen LogP contribution in [0.1, 0.15) is 43.9 Å². The number of rotatable bonds is 10. The normalized spacial score (nSPS) is 13.5. The number of halogens is 2. The maximum atomic E-state index is 13.5. The van der Waals surface area contributed by atoms with Gasteiger partial charge in [0.25, 0.3) is 0 Å². The third-order valence-corrected chi connectivity index (χ3v) is 5.97. The Balaban J connectivity index is 0.00000578. The number of benzene rings is 1. The summed E-state index contributed by atoms with van der Waals surface area (Å²) in [4.78, 5) is 19.6. The maximum absolute atomic E-state index is 13.5. The second-order valence-corrected chi connectivity index (χ2v) is 9.99. The molecule has 1 aromatic heterocycles. The molecule has 9 nitrogen and oxygen atoms in total. The van der Waals surface area contributed by atoms with Gasteiger partial charge in [-0.15, -0.1) is 12.4 Å². The van der Waals surface area contributed by atoms with Gasteiger partial charge in [0.05, 0.1) is 36.3 Å².